The van der Waals surface area contributed by atoms with E-state index in [1.165, 1.54) is 77.1 Å². The van der Waals surface area contributed by atoms with E-state index in [2.05, 4.69) is 213 Å². The molecule has 260 valence electrons. The van der Waals surface area contributed by atoms with E-state index >= 15 is 0 Å². The molecule has 0 amide bonds. The number of hydrogen-bond donors (Lipinski definition) is 0. The third kappa shape index (κ3) is 5.29. The lowest BCUT2D eigenvalue weighted by Crippen LogP contribution is -2.01. The van der Waals surface area contributed by atoms with Crippen LogP contribution in [-0.2, 0) is 7.05 Å². The average Bonchev–Trinajstić information content (AvgIpc) is 3.56. The van der Waals surface area contributed by atoms with Crippen molar-refractivity contribution in [2.45, 2.75) is 6.92 Å². The smallest absolute Gasteiger partial charge is 0.0811 e. The van der Waals surface area contributed by atoms with Crippen LogP contribution in [0.3, 0.4) is 0 Å². The van der Waals surface area contributed by atoms with Crippen LogP contribution in [0.4, 0.5) is 0 Å². The number of fused-ring (bicyclic) bond motifs is 4. The normalized spacial score (nSPS) is 11.5. The van der Waals surface area contributed by atoms with E-state index in [9.17, 15) is 0 Å². The molecule has 0 spiro atoms. The van der Waals surface area contributed by atoms with E-state index in [0.29, 0.717) is 0 Å². The van der Waals surface area contributed by atoms with Crippen molar-refractivity contribution in [3.63, 3.8) is 0 Å². The van der Waals surface area contributed by atoms with E-state index in [0.717, 1.165) is 28.1 Å². The number of hydrogen-bond acceptors (Lipinski definition) is 1. The highest BCUT2D eigenvalue weighted by Crippen LogP contribution is 2.54. The van der Waals surface area contributed by atoms with Gasteiger partial charge in [-0.3, -0.25) is 4.98 Å². The molecule has 8 aromatic carbocycles. The van der Waals surface area contributed by atoms with Gasteiger partial charge in [0.2, 0.25) is 0 Å². The minimum atomic E-state index is 0.982. The van der Waals surface area contributed by atoms with Gasteiger partial charge in [-0.25, -0.2) is 0 Å². The molecule has 2 aromatic heterocycles. The summed E-state index contributed by atoms with van der Waals surface area (Å²) >= 11 is 0. The first-order valence-electron chi connectivity index (χ1n) is 19.0. The molecule has 0 fully saturated rings. The number of benzene rings is 8. The molecule has 0 aliphatic rings. The molecular formula is C53H38N2. The monoisotopic (exact) mass is 702 g/mol. The average molecular weight is 703 g/mol. The highest BCUT2D eigenvalue weighted by atomic mass is 14.9. The van der Waals surface area contributed by atoms with Gasteiger partial charge in [-0.05, 0) is 68.4 Å². The number of para-hydroxylation sites is 1. The predicted molar refractivity (Wildman–Crippen MR) is 233 cm³/mol. The second-order valence-corrected chi connectivity index (χ2v) is 14.3. The molecule has 0 aliphatic heterocycles. The van der Waals surface area contributed by atoms with Crippen molar-refractivity contribution in [3.8, 4) is 66.9 Å². The van der Waals surface area contributed by atoms with Gasteiger partial charge in [-0.15, -0.1) is 0 Å². The summed E-state index contributed by atoms with van der Waals surface area (Å²) in [5, 5.41) is 4.80. The first kappa shape index (κ1) is 32.6. The zero-order valence-corrected chi connectivity index (χ0v) is 30.9. The number of aromatic nitrogens is 2. The van der Waals surface area contributed by atoms with Gasteiger partial charge in [0.15, 0.2) is 0 Å². The molecule has 0 aliphatic carbocycles. The van der Waals surface area contributed by atoms with Gasteiger partial charge >= 0.3 is 0 Å². The van der Waals surface area contributed by atoms with Crippen LogP contribution in [0.15, 0.2) is 194 Å². The first-order valence-corrected chi connectivity index (χ1v) is 19.0. The SMILES string of the molecule is Cc1nc(-c2cccc3c(-c4ccccc4)c(-c4ccccc4)c(-c4ccccc4)c(-c4ccccc4)c23)c(-c2ccccc2)c2c1c1ccccc1n2C. The summed E-state index contributed by atoms with van der Waals surface area (Å²) < 4.78 is 2.37. The molecule has 0 saturated heterocycles. The standard InChI is InChI=1S/C53H38N2/c1-35-45-41-31-18-19-34-44(41)55(2)53(45)50(40-29-16-7-17-30-40)52(54-35)43-33-20-32-42-46(36-21-8-3-9-22-36)47(37-23-10-4-11-24-37)48(38-25-12-5-13-26-38)49(51(42)43)39-27-14-6-15-28-39/h3-34H,1-2H3. The van der Waals surface area contributed by atoms with Gasteiger partial charge in [-0.1, -0.05) is 188 Å². The Morgan fingerprint density at radius 1 is 0.364 bits per heavy atom. The van der Waals surface area contributed by atoms with Gasteiger partial charge in [-0.2, -0.15) is 0 Å². The second kappa shape index (κ2) is 13.4. The molecule has 10 aromatic rings. The molecule has 55 heavy (non-hydrogen) atoms. The third-order valence-corrected chi connectivity index (χ3v) is 11.1. The number of pyridine rings is 1. The van der Waals surface area contributed by atoms with E-state index in [4.69, 9.17) is 4.98 Å². The Labute approximate surface area is 321 Å². The van der Waals surface area contributed by atoms with Gasteiger partial charge in [0, 0.05) is 45.5 Å². The summed E-state index contributed by atoms with van der Waals surface area (Å²) in [6.07, 6.45) is 0. The van der Waals surface area contributed by atoms with Crippen molar-refractivity contribution in [2.75, 3.05) is 0 Å². The predicted octanol–water partition coefficient (Wildman–Crippen LogP) is 14.2. The lowest BCUT2D eigenvalue weighted by molar-refractivity contribution is 1.01. The van der Waals surface area contributed by atoms with Crippen molar-refractivity contribution >= 4 is 32.6 Å². The summed E-state index contributed by atoms with van der Waals surface area (Å²) in [7, 11) is 2.20. The molecule has 2 nitrogen and oxygen atoms in total. The van der Waals surface area contributed by atoms with Crippen LogP contribution in [0, 0.1) is 6.92 Å². The highest BCUT2D eigenvalue weighted by Gasteiger charge is 2.28. The lowest BCUT2D eigenvalue weighted by Gasteiger charge is -2.26. The molecule has 0 radical (unpaired) electrons. The summed E-state index contributed by atoms with van der Waals surface area (Å²) in [5.74, 6) is 0. The Morgan fingerprint density at radius 2 is 0.782 bits per heavy atom. The van der Waals surface area contributed by atoms with Gasteiger partial charge in [0.25, 0.3) is 0 Å². The van der Waals surface area contributed by atoms with Crippen molar-refractivity contribution in [1.82, 2.24) is 9.55 Å². The van der Waals surface area contributed by atoms with Crippen LogP contribution < -0.4 is 0 Å². The second-order valence-electron chi connectivity index (χ2n) is 14.3. The maximum Gasteiger partial charge on any atom is 0.0811 e. The largest absolute Gasteiger partial charge is 0.343 e. The van der Waals surface area contributed by atoms with Crippen LogP contribution >= 0.6 is 0 Å². The summed E-state index contributed by atoms with van der Waals surface area (Å²) in [6, 6.07) is 70.1. The summed E-state index contributed by atoms with van der Waals surface area (Å²) in [5.41, 5.74) is 17.3. The zero-order valence-electron chi connectivity index (χ0n) is 30.9. The first-order chi connectivity index (χ1) is 27.2. The fourth-order valence-corrected chi connectivity index (χ4v) is 8.84. The molecule has 0 atom stereocenters. The molecule has 0 bridgehead atoms. The Bertz CT molecular complexity index is 3000. The summed E-state index contributed by atoms with van der Waals surface area (Å²) in [6.45, 7) is 2.18. The van der Waals surface area contributed by atoms with E-state index < -0.39 is 0 Å². The third-order valence-electron chi connectivity index (χ3n) is 11.1. The molecular weight excluding hydrogens is 665 g/mol. The van der Waals surface area contributed by atoms with Crippen molar-refractivity contribution < 1.29 is 0 Å². The minimum absolute atomic E-state index is 0.982. The lowest BCUT2D eigenvalue weighted by atomic mass is 9.77. The Hall–Kier alpha value is -7.03. The van der Waals surface area contributed by atoms with Crippen LogP contribution in [0.1, 0.15) is 5.69 Å². The fourth-order valence-electron chi connectivity index (χ4n) is 8.84. The minimum Gasteiger partial charge on any atom is -0.343 e. The molecule has 0 saturated carbocycles. The fraction of sp³-hybridized carbons (Fsp3) is 0.0377. The zero-order chi connectivity index (χ0) is 36.9. The van der Waals surface area contributed by atoms with Crippen LogP contribution in [-0.4, -0.2) is 9.55 Å². The van der Waals surface area contributed by atoms with Gasteiger partial charge in [0.1, 0.15) is 0 Å². The van der Waals surface area contributed by atoms with Crippen molar-refractivity contribution in [1.29, 1.82) is 0 Å². The number of aryl methyl sites for hydroxylation is 2. The molecule has 0 unspecified atom stereocenters. The Kier molecular flexibility index (Phi) is 7.96. The van der Waals surface area contributed by atoms with Crippen LogP contribution in [0.5, 0.6) is 0 Å². The van der Waals surface area contributed by atoms with E-state index in [1.54, 1.807) is 0 Å². The van der Waals surface area contributed by atoms with E-state index in [-0.39, 0.29) is 0 Å². The van der Waals surface area contributed by atoms with Gasteiger partial charge in [0.05, 0.1) is 11.2 Å². The Morgan fingerprint density at radius 3 is 1.33 bits per heavy atom. The van der Waals surface area contributed by atoms with Crippen LogP contribution in [0.25, 0.3) is 99.5 Å². The van der Waals surface area contributed by atoms with Crippen molar-refractivity contribution in [3.05, 3.63) is 200 Å². The maximum absolute atomic E-state index is 5.67. The number of rotatable bonds is 6. The maximum atomic E-state index is 5.67. The Balaban J connectivity index is 1.48. The molecule has 2 heterocycles. The van der Waals surface area contributed by atoms with Crippen molar-refractivity contribution in [2.24, 2.45) is 7.05 Å². The molecule has 10 rings (SSSR count). The van der Waals surface area contributed by atoms with E-state index in [1.807, 2.05) is 0 Å². The van der Waals surface area contributed by atoms with Gasteiger partial charge < -0.3 is 4.57 Å². The quantitative estimate of drug-likeness (QED) is 0.169. The molecule has 2 heteroatoms. The summed E-state index contributed by atoms with van der Waals surface area (Å²) in [4.78, 5) is 5.67. The number of nitrogens with zero attached hydrogens (tertiary/aromatic N) is 2. The molecule has 0 N–H and O–H groups in total. The highest BCUT2D eigenvalue weighted by molar-refractivity contribution is 6.24. The van der Waals surface area contributed by atoms with Crippen LogP contribution in [0.2, 0.25) is 0 Å². The topological polar surface area (TPSA) is 17.8 Å².